The average Bonchev–Trinajstić information content (AvgIpc) is 3.20. The molecule has 1 aromatic heterocycles. The van der Waals surface area contributed by atoms with Crippen molar-refractivity contribution in [3.63, 3.8) is 0 Å². The lowest BCUT2D eigenvalue weighted by atomic mass is 10.0. The standard InChI is InChI=1S/C23H22Cl2FN3O4/c1-13(2)22-16(12-27-29(22)8-9-33-15-6-4-3-5-7-15)23(32)28-17-10-14(11-18(30)31)19(24)20(25)21(17)26/h3-7,10,12-13H,8-9,11H2,1-2H3,(H,28,32)(H,30,31). The molecule has 0 saturated heterocycles. The maximum absolute atomic E-state index is 14.6. The zero-order valence-electron chi connectivity index (χ0n) is 17.9. The number of amides is 1. The van der Waals surface area contributed by atoms with Crippen molar-refractivity contribution in [3.05, 3.63) is 75.3 Å². The maximum Gasteiger partial charge on any atom is 0.307 e. The van der Waals surface area contributed by atoms with Gasteiger partial charge in [-0.2, -0.15) is 5.10 Å². The molecule has 1 heterocycles. The predicted molar refractivity (Wildman–Crippen MR) is 124 cm³/mol. The average molecular weight is 494 g/mol. The van der Waals surface area contributed by atoms with E-state index in [1.165, 1.54) is 12.3 Å². The van der Waals surface area contributed by atoms with Crippen LogP contribution in [0.2, 0.25) is 10.0 Å². The molecule has 0 radical (unpaired) electrons. The number of carboxylic acids is 1. The van der Waals surface area contributed by atoms with E-state index in [2.05, 4.69) is 10.4 Å². The van der Waals surface area contributed by atoms with Crippen LogP contribution < -0.4 is 10.1 Å². The van der Waals surface area contributed by atoms with Crippen molar-refractivity contribution in [2.75, 3.05) is 11.9 Å². The molecule has 7 nitrogen and oxygen atoms in total. The molecule has 0 saturated carbocycles. The third-order valence-corrected chi connectivity index (χ3v) is 5.68. The Morgan fingerprint density at radius 1 is 1.21 bits per heavy atom. The van der Waals surface area contributed by atoms with E-state index in [9.17, 15) is 14.0 Å². The first-order valence-corrected chi connectivity index (χ1v) is 10.9. The van der Waals surface area contributed by atoms with Gasteiger partial charge in [0.25, 0.3) is 5.91 Å². The molecule has 174 valence electrons. The van der Waals surface area contributed by atoms with Gasteiger partial charge in [0.2, 0.25) is 0 Å². The van der Waals surface area contributed by atoms with E-state index in [-0.39, 0.29) is 27.8 Å². The summed E-state index contributed by atoms with van der Waals surface area (Å²) in [7, 11) is 0. The summed E-state index contributed by atoms with van der Waals surface area (Å²) < 4.78 is 22.0. The van der Waals surface area contributed by atoms with Crippen molar-refractivity contribution < 1.29 is 23.8 Å². The molecule has 0 aliphatic carbocycles. The fourth-order valence-corrected chi connectivity index (χ4v) is 3.78. The van der Waals surface area contributed by atoms with Gasteiger partial charge >= 0.3 is 5.97 Å². The minimum absolute atomic E-state index is 0.0637. The Balaban J connectivity index is 1.81. The molecule has 0 atom stereocenters. The summed E-state index contributed by atoms with van der Waals surface area (Å²) in [5.41, 5.74) is 0.731. The fourth-order valence-electron chi connectivity index (χ4n) is 3.35. The topological polar surface area (TPSA) is 93.5 Å². The number of hydrogen-bond donors (Lipinski definition) is 2. The summed E-state index contributed by atoms with van der Waals surface area (Å²) >= 11 is 11.9. The summed E-state index contributed by atoms with van der Waals surface area (Å²) in [4.78, 5) is 24.0. The molecule has 0 unspecified atom stereocenters. The van der Waals surface area contributed by atoms with Gasteiger partial charge in [0, 0.05) is 0 Å². The Bertz CT molecular complexity index is 1170. The van der Waals surface area contributed by atoms with Gasteiger partial charge in [-0.25, -0.2) is 4.39 Å². The van der Waals surface area contributed by atoms with Crippen LogP contribution in [0.3, 0.4) is 0 Å². The molecule has 2 aromatic carbocycles. The number of aromatic nitrogens is 2. The predicted octanol–water partition coefficient (Wildman–Crippen LogP) is 5.41. The molecule has 0 spiro atoms. The van der Waals surface area contributed by atoms with E-state index in [4.69, 9.17) is 33.0 Å². The Morgan fingerprint density at radius 2 is 1.91 bits per heavy atom. The highest BCUT2D eigenvalue weighted by Gasteiger charge is 2.23. The third kappa shape index (κ3) is 5.83. The molecule has 0 aliphatic heterocycles. The van der Waals surface area contributed by atoms with Crippen molar-refractivity contribution >= 4 is 40.8 Å². The number of para-hydroxylation sites is 1. The number of aliphatic carboxylic acids is 1. The number of benzene rings is 2. The number of anilines is 1. The van der Waals surface area contributed by atoms with Crippen LogP contribution >= 0.6 is 23.2 Å². The van der Waals surface area contributed by atoms with Gasteiger partial charge in [-0.05, 0) is 29.7 Å². The highest BCUT2D eigenvalue weighted by Crippen LogP contribution is 2.34. The largest absolute Gasteiger partial charge is 0.492 e. The molecule has 1 amide bonds. The Morgan fingerprint density at radius 3 is 2.55 bits per heavy atom. The highest BCUT2D eigenvalue weighted by atomic mass is 35.5. The lowest BCUT2D eigenvalue weighted by molar-refractivity contribution is -0.136. The first-order valence-electron chi connectivity index (χ1n) is 10.1. The van der Waals surface area contributed by atoms with E-state index in [1.807, 2.05) is 44.2 Å². The van der Waals surface area contributed by atoms with Crippen molar-refractivity contribution in [2.24, 2.45) is 0 Å². The minimum atomic E-state index is -1.17. The lowest BCUT2D eigenvalue weighted by Gasteiger charge is -2.15. The van der Waals surface area contributed by atoms with Gasteiger partial charge in [-0.3, -0.25) is 14.3 Å². The number of carbonyl (C=O) groups excluding carboxylic acids is 1. The summed E-state index contributed by atoms with van der Waals surface area (Å²) in [5.74, 6) is -2.06. The molecule has 2 N–H and O–H groups in total. The molecule has 3 aromatic rings. The molecule has 0 aliphatic rings. The number of nitrogens with one attached hydrogen (secondary N) is 1. The van der Waals surface area contributed by atoms with Crippen LogP contribution in [0.1, 0.15) is 41.4 Å². The van der Waals surface area contributed by atoms with Crippen molar-refractivity contribution in [1.82, 2.24) is 9.78 Å². The van der Waals surface area contributed by atoms with E-state index in [0.29, 0.717) is 18.8 Å². The van der Waals surface area contributed by atoms with Crippen molar-refractivity contribution in [2.45, 2.75) is 32.7 Å². The molecule has 10 heteroatoms. The molecular weight excluding hydrogens is 472 g/mol. The van der Waals surface area contributed by atoms with Crippen LogP contribution in [-0.2, 0) is 17.8 Å². The summed E-state index contributed by atoms with van der Waals surface area (Å²) in [5, 5.41) is 15.1. The van der Waals surface area contributed by atoms with E-state index >= 15 is 0 Å². The van der Waals surface area contributed by atoms with Crippen LogP contribution in [0.15, 0.2) is 42.6 Å². The Labute approximate surface area is 200 Å². The molecule has 0 bridgehead atoms. The number of rotatable bonds is 9. The van der Waals surface area contributed by atoms with E-state index in [1.54, 1.807) is 4.68 Å². The second-order valence-corrected chi connectivity index (χ2v) is 8.29. The quantitative estimate of drug-likeness (QED) is 0.388. The van der Waals surface area contributed by atoms with Crippen LogP contribution in [0.4, 0.5) is 10.1 Å². The molecule has 3 rings (SSSR count). The van der Waals surface area contributed by atoms with Gasteiger partial charge in [0.05, 0.1) is 46.2 Å². The van der Waals surface area contributed by atoms with Crippen LogP contribution in [0.5, 0.6) is 5.75 Å². The molecule has 0 fully saturated rings. The number of ether oxygens (including phenoxy) is 1. The van der Waals surface area contributed by atoms with Gasteiger partial charge in [0.15, 0.2) is 5.82 Å². The summed E-state index contributed by atoms with van der Waals surface area (Å²) in [6.45, 7) is 4.56. The van der Waals surface area contributed by atoms with Gasteiger partial charge in [0.1, 0.15) is 12.4 Å². The monoisotopic (exact) mass is 493 g/mol. The van der Waals surface area contributed by atoms with Crippen LogP contribution in [-0.4, -0.2) is 33.4 Å². The molecule has 33 heavy (non-hydrogen) atoms. The normalized spacial score (nSPS) is 11.0. The van der Waals surface area contributed by atoms with E-state index < -0.39 is 29.1 Å². The zero-order valence-corrected chi connectivity index (χ0v) is 19.5. The first-order chi connectivity index (χ1) is 15.7. The zero-order chi connectivity index (χ0) is 24.1. The Kier molecular flexibility index (Phi) is 7.94. The summed E-state index contributed by atoms with van der Waals surface area (Å²) in [6.07, 6.45) is 0.930. The summed E-state index contributed by atoms with van der Waals surface area (Å²) in [6, 6.07) is 10.5. The highest BCUT2D eigenvalue weighted by molar-refractivity contribution is 6.43. The third-order valence-electron chi connectivity index (χ3n) is 4.80. The lowest BCUT2D eigenvalue weighted by Crippen LogP contribution is -2.18. The van der Waals surface area contributed by atoms with Crippen LogP contribution in [0, 0.1) is 5.82 Å². The minimum Gasteiger partial charge on any atom is -0.492 e. The Hall–Kier alpha value is -3.10. The van der Waals surface area contributed by atoms with Gasteiger partial charge in [-0.15, -0.1) is 0 Å². The van der Waals surface area contributed by atoms with Crippen LogP contribution in [0.25, 0.3) is 0 Å². The second-order valence-electron chi connectivity index (χ2n) is 7.53. The first kappa shape index (κ1) is 24.5. The van der Waals surface area contributed by atoms with Crippen molar-refractivity contribution in [1.29, 1.82) is 0 Å². The number of carboxylic acid groups (broad SMARTS) is 1. The number of nitrogens with zero attached hydrogens (tertiary/aromatic N) is 2. The maximum atomic E-state index is 14.6. The number of halogens is 3. The fraction of sp³-hybridized carbons (Fsp3) is 0.261. The number of hydrogen-bond acceptors (Lipinski definition) is 4. The van der Waals surface area contributed by atoms with E-state index in [0.717, 1.165) is 5.75 Å². The van der Waals surface area contributed by atoms with Gasteiger partial charge in [-0.1, -0.05) is 55.2 Å². The number of carbonyl (C=O) groups is 2. The van der Waals surface area contributed by atoms with Crippen molar-refractivity contribution in [3.8, 4) is 5.75 Å². The smallest absolute Gasteiger partial charge is 0.307 e. The second kappa shape index (κ2) is 10.7. The molecular formula is C23H22Cl2FN3O4. The van der Waals surface area contributed by atoms with Gasteiger partial charge < -0.3 is 15.2 Å². The SMILES string of the molecule is CC(C)c1c(C(=O)Nc2cc(CC(=O)O)c(Cl)c(Cl)c2F)cnn1CCOc1ccccc1.